The van der Waals surface area contributed by atoms with Crippen molar-refractivity contribution in [3.63, 3.8) is 0 Å². The molecule has 0 saturated heterocycles. The van der Waals surface area contributed by atoms with Crippen LogP contribution in [0.25, 0.3) is 0 Å². The first-order valence-electron chi connectivity index (χ1n) is 6.97. The molecule has 2 aromatic rings. The molecule has 1 aromatic carbocycles. The number of guanidine groups is 1. The zero-order chi connectivity index (χ0) is 15.1. The normalized spacial score (nSPS) is 11.0. The largest absolute Gasteiger partial charge is 0.357 e. The fourth-order valence-electron chi connectivity index (χ4n) is 1.83. The van der Waals surface area contributed by atoms with Gasteiger partial charge in [0.2, 0.25) is 0 Å². The number of rotatable bonds is 5. The first kappa shape index (κ1) is 18.9. The fraction of sp³-hybridized carbons (Fsp3) is 0.312. The van der Waals surface area contributed by atoms with E-state index in [1.54, 1.807) is 30.4 Å². The summed E-state index contributed by atoms with van der Waals surface area (Å²) in [6.07, 6.45) is 0. The van der Waals surface area contributed by atoms with Crippen molar-refractivity contribution in [3.05, 3.63) is 57.5 Å². The van der Waals surface area contributed by atoms with Crippen LogP contribution in [-0.4, -0.2) is 12.5 Å². The van der Waals surface area contributed by atoms with Gasteiger partial charge in [0.15, 0.2) is 5.96 Å². The lowest BCUT2D eigenvalue weighted by Gasteiger charge is -2.11. The maximum absolute atomic E-state index is 13.5. The average molecular weight is 433 g/mol. The van der Waals surface area contributed by atoms with Crippen molar-refractivity contribution >= 4 is 41.3 Å². The van der Waals surface area contributed by atoms with Crippen molar-refractivity contribution in [2.24, 2.45) is 4.99 Å². The molecule has 2 N–H and O–H groups in total. The van der Waals surface area contributed by atoms with Crippen molar-refractivity contribution in [1.82, 2.24) is 10.6 Å². The molecule has 120 valence electrons. The van der Waals surface area contributed by atoms with Gasteiger partial charge in [-0.2, -0.15) is 11.3 Å². The minimum absolute atomic E-state index is 0. The second-order valence-electron chi connectivity index (χ2n) is 4.76. The van der Waals surface area contributed by atoms with Gasteiger partial charge < -0.3 is 10.6 Å². The first-order valence-corrected chi connectivity index (χ1v) is 7.91. The highest BCUT2D eigenvalue weighted by molar-refractivity contribution is 14.0. The number of benzene rings is 1. The van der Waals surface area contributed by atoms with E-state index >= 15 is 0 Å². The predicted octanol–water partition coefficient (Wildman–Crippen LogP) is 4.07. The number of thiophene rings is 1. The van der Waals surface area contributed by atoms with E-state index in [2.05, 4.69) is 27.1 Å². The molecule has 0 aliphatic heterocycles. The van der Waals surface area contributed by atoms with Crippen LogP contribution in [0, 0.1) is 12.7 Å². The van der Waals surface area contributed by atoms with Crippen molar-refractivity contribution in [2.75, 3.05) is 6.54 Å². The standard InChI is InChI=1S/C16H20FN3S.HI/c1-3-18-16(20-10-14-6-7-21-11-14)19-9-13-5-4-12(2)15(17)8-13;/h4-8,11H,3,9-10H2,1-2H3,(H2,18,19,20);1H. The molecular formula is C16H21FIN3S. The van der Waals surface area contributed by atoms with E-state index in [-0.39, 0.29) is 29.8 Å². The smallest absolute Gasteiger partial charge is 0.191 e. The van der Waals surface area contributed by atoms with Gasteiger partial charge >= 0.3 is 0 Å². The number of aliphatic imine (C=N–C) groups is 1. The molecule has 0 unspecified atom stereocenters. The van der Waals surface area contributed by atoms with Crippen LogP contribution in [0.2, 0.25) is 0 Å². The van der Waals surface area contributed by atoms with Crippen LogP contribution in [0.4, 0.5) is 4.39 Å². The van der Waals surface area contributed by atoms with Gasteiger partial charge in [0.25, 0.3) is 0 Å². The monoisotopic (exact) mass is 433 g/mol. The third kappa shape index (κ3) is 5.92. The van der Waals surface area contributed by atoms with Gasteiger partial charge in [-0.3, -0.25) is 0 Å². The van der Waals surface area contributed by atoms with Gasteiger partial charge in [0, 0.05) is 13.1 Å². The van der Waals surface area contributed by atoms with Crippen molar-refractivity contribution < 1.29 is 4.39 Å². The van der Waals surface area contributed by atoms with Crippen LogP contribution >= 0.6 is 35.3 Å². The fourth-order valence-corrected chi connectivity index (χ4v) is 2.49. The summed E-state index contributed by atoms with van der Waals surface area (Å²) in [7, 11) is 0. The minimum atomic E-state index is -0.172. The molecule has 0 fully saturated rings. The first-order chi connectivity index (χ1) is 10.2. The molecule has 0 aliphatic rings. The van der Waals surface area contributed by atoms with Crippen LogP contribution in [0.1, 0.15) is 23.6 Å². The number of hydrogen-bond acceptors (Lipinski definition) is 2. The van der Waals surface area contributed by atoms with Gasteiger partial charge in [0.1, 0.15) is 5.82 Å². The molecule has 0 spiro atoms. The minimum Gasteiger partial charge on any atom is -0.357 e. The molecular weight excluding hydrogens is 412 g/mol. The Morgan fingerprint density at radius 2 is 2.05 bits per heavy atom. The highest BCUT2D eigenvalue weighted by Gasteiger charge is 2.02. The Kier molecular flexibility index (Phi) is 8.40. The van der Waals surface area contributed by atoms with Crippen LogP contribution in [0.3, 0.4) is 0 Å². The molecule has 2 rings (SSSR count). The van der Waals surface area contributed by atoms with Gasteiger partial charge in [-0.1, -0.05) is 12.1 Å². The zero-order valence-electron chi connectivity index (χ0n) is 12.7. The number of nitrogens with zero attached hydrogens (tertiary/aromatic N) is 1. The third-order valence-corrected chi connectivity index (χ3v) is 3.77. The molecule has 1 aromatic heterocycles. The van der Waals surface area contributed by atoms with Gasteiger partial charge in [-0.25, -0.2) is 9.38 Å². The van der Waals surface area contributed by atoms with Crippen molar-refractivity contribution in [3.8, 4) is 0 Å². The van der Waals surface area contributed by atoms with E-state index in [1.165, 1.54) is 5.56 Å². The van der Waals surface area contributed by atoms with E-state index < -0.39 is 0 Å². The molecule has 0 bridgehead atoms. The summed E-state index contributed by atoms with van der Waals surface area (Å²) in [6.45, 7) is 5.76. The van der Waals surface area contributed by atoms with E-state index in [0.717, 1.165) is 18.1 Å². The Morgan fingerprint density at radius 3 is 2.68 bits per heavy atom. The summed E-state index contributed by atoms with van der Waals surface area (Å²) < 4.78 is 13.5. The summed E-state index contributed by atoms with van der Waals surface area (Å²) in [5.74, 6) is 0.569. The van der Waals surface area contributed by atoms with E-state index in [9.17, 15) is 4.39 Å². The summed E-state index contributed by atoms with van der Waals surface area (Å²) >= 11 is 1.67. The average Bonchev–Trinajstić information content (AvgIpc) is 2.99. The van der Waals surface area contributed by atoms with Crippen LogP contribution in [0.15, 0.2) is 40.0 Å². The van der Waals surface area contributed by atoms with Gasteiger partial charge in [0.05, 0.1) is 6.54 Å². The molecule has 22 heavy (non-hydrogen) atoms. The summed E-state index contributed by atoms with van der Waals surface area (Å²) in [6, 6.07) is 7.34. The Morgan fingerprint density at radius 1 is 1.23 bits per heavy atom. The summed E-state index contributed by atoms with van der Waals surface area (Å²) in [5, 5.41) is 10.5. The maximum Gasteiger partial charge on any atom is 0.191 e. The molecule has 0 amide bonds. The van der Waals surface area contributed by atoms with Crippen LogP contribution < -0.4 is 10.6 Å². The van der Waals surface area contributed by atoms with Crippen LogP contribution in [-0.2, 0) is 13.1 Å². The lowest BCUT2D eigenvalue weighted by molar-refractivity contribution is 0.615. The topological polar surface area (TPSA) is 36.4 Å². The number of halogens is 2. The lowest BCUT2D eigenvalue weighted by atomic mass is 10.1. The Hall–Kier alpha value is -1.15. The summed E-state index contributed by atoms with van der Waals surface area (Å²) in [4.78, 5) is 4.52. The van der Waals surface area contributed by atoms with Gasteiger partial charge in [-0.05, 0) is 53.4 Å². The molecule has 0 radical (unpaired) electrons. The molecule has 0 saturated carbocycles. The molecule has 6 heteroatoms. The van der Waals surface area contributed by atoms with Crippen LogP contribution in [0.5, 0.6) is 0 Å². The molecule has 1 heterocycles. The highest BCUT2D eigenvalue weighted by Crippen LogP contribution is 2.09. The number of nitrogens with one attached hydrogen (secondary N) is 2. The van der Waals surface area contributed by atoms with Crippen molar-refractivity contribution in [2.45, 2.75) is 26.9 Å². The van der Waals surface area contributed by atoms with E-state index in [1.807, 2.05) is 18.4 Å². The van der Waals surface area contributed by atoms with Crippen molar-refractivity contribution in [1.29, 1.82) is 0 Å². The Bertz CT molecular complexity index is 599. The second-order valence-corrected chi connectivity index (χ2v) is 5.54. The SMILES string of the molecule is CCNC(=NCc1ccsc1)NCc1ccc(C)c(F)c1.I. The number of aryl methyl sites for hydroxylation is 1. The molecule has 0 atom stereocenters. The van der Waals surface area contributed by atoms with E-state index in [0.29, 0.717) is 18.7 Å². The quantitative estimate of drug-likeness (QED) is 0.424. The third-order valence-electron chi connectivity index (χ3n) is 3.04. The second kappa shape index (κ2) is 9.78. The van der Waals surface area contributed by atoms with E-state index in [4.69, 9.17) is 0 Å². The predicted molar refractivity (Wildman–Crippen MR) is 103 cm³/mol. The summed E-state index contributed by atoms with van der Waals surface area (Å²) in [5.41, 5.74) is 2.76. The lowest BCUT2D eigenvalue weighted by Crippen LogP contribution is -2.36. The number of hydrogen-bond donors (Lipinski definition) is 2. The zero-order valence-corrected chi connectivity index (χ0v) is 15.9. The molecule has 3 nitrogen and oxygen atoms in total. The van der Waals surface area contributed by atoms with Gasteiger partial charge in [-0.15, -0.1) is 24.0 Å². The Balaban J connectivity index is 0.00000242. The molecule has 0 aliphatic carbocycles. The Labute approximate surface area is 152 Å². The highest BCUT2D eigenvalue weighted by atomic mass is 127. The maximum atomic E-state index is 13.5.